The van der Waals surface area contributed by atoms with Crippen molar-refractivity contribution in [2.75, 3.05) is 0 Å². The molecule has 2 aromatic heterocycles. The summed E-state index contributed by atoms with van der Waals surface area (Å²) in [4.78, 5) is 41.7. The van der Waals surface area contributed by atoms with Crippen LogP contribution in [0, 0.1) is 10.1 Å². The molecule has 3 aromatic rings. The standard InChI is InChI=1S/C15H13N5O8S/c1-8(4-13-27-29(25,26)28-13)19-10-6-11(18-3-2-16-7-18)12(20(23)24)5-9(10)17-14(21)15(19)22/h2-3,5-8,13H,4H2,1H3,(H,17,21). The SMILES string of the molecule is CC(CC1OS(=O)(=O)O1)n1c(=O)c(=O)[nH]c2cc([N+](=O)[O-])c(-n3ccnc3)cc21. The molecule has 0 spiro atoms. The number of hydrogen-bond acceptors (Lipinski definition) is 9. The Hall–Kier alpha value is -3.36. The van der Waals surface area contributed by atoms with Gasteiger partial charge in [0.1, 0.15) is 5.69 Å². The minimum Gasteiger partial charge on any atom is -0.316 e. The van der Waals surface area contributed by atoms with E-state index >= 15 is 0 Å². The number of imidazole rings is 1. The summed E-state index contributed by atoms with van der Waals surface area (Å²) in [6, 6.07) is 1.81. The lowest BCUT2D eigenvalue weighted by molar-refractivity contribution is -0.384. The first kappa shape index (κ1) is 19.0. The molecule has 0 amide bonds. The van der Waals surface area contributed by atoms with Crippen molar-refractivity contribution < 1.29 is 21.7 Å². The predicted molar refractivity (Wildman–Crippen MR) is 96.8 cm³/mol. The summed E-state index contributed by atoms with van der Waals surface area (Å²) >= 11 is 0. The lowest BCUT2D eigenvalue weighted by Gasteiger charge is -2.28. The van der Waals surface area contributed by atoms with Gasteiger partial charge in [-0.1, -0.05) is 0 Å². The summed E-state index contributed by atoms with van der Waals surface area (Å²) in [5.74, 6) is 0. The van der Waals surface area contributed by atoms with E-state index < -0.39 is 38.8 Å². The average molecular weight is 423 g/mol. The smallest absolute Gasteiger partial charge is 0.316 e. The molecule has 14 heteroatoms. The second kappa shape index (κ2) is 6.61. The van der Waals surface area contributed by atoms with Gasteiger partial charge in [0.25, 0.3) is 5.69 Å². The molecule has 1 aliphatic heterocycles. The Kier molecular flexibility index (Phi) is 4.33. The number of hydrogen-bond donors (Lipinski definition) is 1. The van der Waals surface area contributed by atoms with Crippen molar-refractivity contribution in [3.63, 3.8) is 0 Å². The Morgan fingerprint density at radius 1 is 1.34 bits per heavy atom. The van der Waals surface area contributed by atoms with Crippen molar-refractivity contribution in [2.45, 2.75) is 25.7 Å². The molecule has 4 rings (SSSR count). The fraction of sp³-hybridized carbons (Fsp3) is 0.267. The number of nitro benzene ring substituents is 1. The molecule has 0 saturated carbocycles. The first-order valence-electron chi connectivity index (χ1n) is 8.23. The van der Waals surface area contributed by atoms with Crippen LogP contribution in [0.2, 0.25) is 0 Å². The molecule has 1 fully saturated rings. The molecule has 1 aromatic carbocycles. The fourth-order valence-corrected chi connectivity index (χ4v) is 3.88. The second-order valence-electron chi connectivity index (χ2n) is 6.33. The monoisotopic (exact) mass is 423 g/mol. The van der Waals surface area contributed by atoms with Crippen LogP contribution in [0.4, 0.5) is 5.69 Å². The van der Waals surface area contributed by atoms with Crippen LogP contribution in [0.15, 0.2) is 40.4 Å². The van der Waals surface area contributed by atoms with Gasteiger partial charge in [0.2, 0.25) is 0 Å². The molecule has 0 radical (unpaired) electrons. The summed E-state index contributed by atoms with van der Waals surface area (Å²) in [5.41, 5.74) is -1.78. The van der Waals surface area contributed by atoms with Gasteiger partial charge in [0, 0.05) is 30.9 Å². The number of nitro groups is 1. The second-order valence-corrected chi connectivity index (χ2v) is 7.53. The maximum absolute atomic E-state index is 12.5. The highest BCUT2D eigenvalue weighted by atomic mass is 32.3. The molecule has 1 unspecified atom stereocenters. The molecule has 1 N–H and O–H groups in total. The van der Waals surface area contributed by atoms with Gasteiger partial charge in [-0.05, 0) is 13.0 Å². The van der Waals surface area contributed by atoms with Gasteiger partial charge in [-0.3, -0.25) is 24.3 Å². The van der Waals surface area contributed by atoms with Crippen LogP contribution in [0.5, 0.6) is 0 Å². The molecule has 13 nitrogen and oxygen atoms in total. The number of H-pyrrole nitrogens is 1. The maximum atomic E-state index is 12.5. The fourth-order valence-electron chi connectivity index (χ4n) is 3.18. The normalized spacial score (nSPS) is 17.1. The van der Waals surface area contributed by atoms with Gasteiger partial charge in [0.15, 0.2) is 6.29 Å². The van der Waals surface area contributed by atoms with Gasteiger partial charge >= 0.3 is 21.5 Å². The van der Waals surface area contributed by atoms with E-state index in [4.69, 9.17) is 0 Å². The largest absolute Gasteiger partial charge is 0.404 e. The highest BCUT2D eigenvalue weighted by Gasteiger charge is 2.37. The molecule has 0 aliphatic carbocycles. The van der Waals surface area contributed by atoms with Crippen LogP contribution in [0.25, 0.3) is 16.7 Å². The Balaban J connectivity index is 1.90. The minimum atomic E-state index is -4.01. The van der Waals surface area contributed by atoms with Crippen molar-refractivity contribution in [3.8, 4) is 5.69 Å². The Labute approximate surface area is 161 Å². The number of aromatic amines is 1. The van der Waals surface area contributed by atoms with Crippen LogP contribution < -0.4 is 11.1 Å². The molecule has 1 saturated heterocycles. The molecule has 0 bridgehead atoms. The number of rotatable bonds is 5. The van der Waals surface area contributed by atoms with Gasteiger partial charge in [-0.15, -0.1) is 0 Å². The van der Waals surface area contributed by atoms with Crippen LogP contribution in [0.1, 0.15) is 19.4 Å². The minimum absolute atomic E-state index is 0.0465. The van der Waals surface area contributed by atoms with Gasteiger partial charge in [0.05, 0.1) is 22.3 Å². The zero-order valence-electron chi connectivity index (χ0n) is 14.7. The van der Waals surface area contributed by atoms with Crippen molar-refractivity contribution in [2.24, 2.45) is 0 Å². The number of nitrogens with zero attached hydrogens (tertiary/aromatic N) is 4. The molecule has 152 valence electrons. The van der Waals surface area contributed by atoms with Gasteiger partial charge in [-0.2, -0.15) is 8.42 Å². The average Bonchev–Trinajstić information content (AvgIpc) is 3.14. The van der Waals surface area contributed by atoms with Crippen molar-refractivity contribution in [1.29, 1.82) is 0 Å². The molecule has 29 heavy (non-hydrogen) atoms. The quantitative estimate of drug-likeness (QED) is 0.346. The molecule has 3 heterocycles. The Morgan fingerprint density at radius 3 is 2.66 bits per heavy atom. The number of aromatic nitrogens is 4. The van der Waals surface area contributed by atoms with E-state index in [9.17, 15) is 28.1 Å². The summed E-state index contributed by atoms with van der Waals surface area (Å²) in [7, 11) is -4.01. The van der Waals surface area contributed by atoms with Crippen LogP contribution in [-0.4, -0.2) is 38.7 Å². The van der Waals surface area contributed by atoms with Crippen LogP contribution >= 0.6 is 0 Å². The van der Waals surface area contributed by atoms with Crippen LogP contribution in [-0.2, 0) is 18.8 Å². The van der Waals surface area contributed by atoms with E-state index in [1.54, 1.807) is 6.92 Å². The molecule has 1 aliphatic rings. The van der Waals surface area contributed by atoms with E-state index in [0.717, 1.165) is 10.6 Å². The molecular weight excluding hydrogens is 410 g/mol. The lowest BCUT2D eigenvalue weighted by atomic mass is 10.1. The highest BCUT2D eigenvalue weighted by Crippen LogP contribution is 2.30. The van der Waals surface area contributed by atoms with Crippen molar-refractivity contribution in [3.05, 3.63) is 61.7 Å². The number of nitrogens with one attached hydrogen (secondary N) is 1. The topological polar surface area (TPSA) is 168 Å². The third-order valence-electron chi connectivity index (χ3n) is 4.42. The predicted octanol–water partition coefficient (Wildman–Crippen LogP) is 0.353. The Morgan fingerprint density at radius 2 is 2.07 bits per heavy atom. The number of benzene rings is 1. The molecule has 1 atom stereocenters. The zero-order valence-corrected chi connectivity index (χ0v) is 15.5. The third-order valence-corrected chi connectivity index (χ3v) is 5.32. The lowest BCUT2D eigenvalue weighted by Crippen LogP contribution is -2.42. The highest BCUT2D eigenvalue weighted by molar-refractivity contribution is 7.82. The zero-order chi connectivity index (χ0) is 20.9. The summed E-state index contributed by atoms with van der Waals surface area (Å²) in [6.45, 7) is 1.57. The van der Waals surface area contributed by atoms with E-state index in [2.05, 4.69) is 18.3 Å². The van der Waals surface area contributed by atoms with E-state index in [1.807, 2.05) is 0 Å². The summed E-state index contributed by atoms with van der Waals surface area (Å²) < 4.78 is 33.6. The third kappa shape index (κ3) is 3.32. The first-order valence-corrected chi connectivity index (χ1v) is 9.56. The summed E-state index contributed by atoms with van der Waals surface area (Å²) in [6.07, 6.45) is 3.14. The maximum Gasteiger partial charge on any atom is 0.404 e. The van der Waals surface area contributed by atoms with Crippen molar-refractivity contribution in [1.82, 2.24) is 19.1 Å². The van der Waals surface area contributed by atoms with Gasteiger partial charge < -0.3 is 9.55 Å². The number of fused-ring (bicyclic) bond motifs is 1. The van der Waals surface area contributed by atoms with Gasteiger partial charge in [-0.25, -0.2) is 13.4 Å². The van der Waals surface area contributed by atoms with Crippen molar-refractivity contribution >= 4 is 27.1 Å². The van der Waals surface area contributed by atoms with Crippen LogP contribution in [0.3, 0.4) is 0 Å². The summed E-state index contributed by atoms with van der Waals surface area (Å²) in [5, 5.41) is 11.5. The molecular formula is C15H13N5O8S. The Bertz CT molecular complexity index is 1330. The van der Waals surface area contributed by atoms with E-state index in [0.29, 0.717) is 0 Å². The van der Waals surface area contributed by atoms with E-state index in [1.165, 1.54) is 29.4 Å². The first-order chi connectivity index (χ1) is 13.7. The van der Waals surface area contributed by atoms with E-state index in [-0.39, 0.29) is 28.8 Å².